The van der Waals surface area contributed by atoms with Gasteiger partial charge >= 0.3 is 11.9 Å². The van der Waals surface area contributed by atoms with Gasteiger partial charge in [-0.25, -0.2) is 4.79 Å². The molecule has 0 unspecified atom stereocenters. The number of nitrogens with two attached hydrogens (primary N) is 1. The molecule has 2 aromatic carbocycles. The molecule has 0 aromatic heterocycles. The summed E-state index contributed by atoms with van der Waals surface area (Å²) in [7, 11) is 0. The number of carbonyl (C=O) groups excluding carboxylic acids is 3. The molecule has 0 bridgehead atoms. The monoisotopic (exact) mass is 449 g/mol. The molecule has 2 aromatic rings. The van der Waals surface area contributed by atoms with Crippen LogP contribution < -0.4 is 10.5 Å². The summed E-state index contributed by atoms with van der Waals surface area (Å²) >= 11 is 0. The average Bonchev–Trinajstić information content (AvgIpc) is 2.79. The summed E-state index contributed by atoms with van der Waals surface area (Å²) in [6, 6.07) is 12.9. The van der Waals surface area contributed by atoms with Crippen molar-refractivity contribution in [2.75, 3.05) is 19.7 Å². The van der Waals surface area contributed by atoms with Gasteiger partial charge in [0.2, 0.25) is 5.91 Å². The van der Waals surface area contributed by atoms with E-state index in [1.165, 1.54) is 11.0 Å². The lowest BCUT2D eigenvalue weighted by Gasteiger charge is -2.20. The highest BCUT2D eigenvalue weighted by Gasteiger charge is 2.18. The van der Waals surface area contributed by atoms with Gasteiger partial charge in [-0.2, -0.15) is 0 Å². The van der Waals surface area contributed by atoms with Crippen LogP contribution in [0.15, 0.2) is 66.8 Å². The zero-order valence-electron chi connectivity index (χ0n) is 18.7. The molecule has 33 heavy (non-hydrogen) atoms. The quantitative estimate of drug-likeness (QED) is 0.143. The summed E-state index contributed by atoms with van der Waals surface area (Å²) in [5, 5.41) is 7.40. The van der Waals surface area contributed by atoms with Crippen molar-refractivity contribution >= 4 is 29.8 Å². The van der Waals surface area contributed by atoms with E-state index in [9.17, 15) is 14.4 Å². The van der Waals surface area contributed by atoms with Crippen LogP contribution in [0.3, 0.4) is 0 Å². The first kappa shape index (κ1) is 25.1. The highest BCUT2D eigenvalue weighted by molar-refractivity contribution is 5.99. The number of hydrogen-bond acceptors (Lipinski definition) is 6. The Morgan fingerprint density at radius 1 is 1.12 bits per heavy atom. The van der Waals surface area contributed by atoms with Gasteiger partial charge in [0.15, 0.2) is 0 Å². The lowest BCUT2D eigenvalue weighted by atomic mass is 10.1. The molecule has 0 atom stereocenters. The van der Waals surface area contributed by atoms with E-state index >= 15 is 0 Å². The van der Waals surface area contributed by atoms with Crippen molar-refractivity contribution in [2.45, 2.75) is 13.8 Å². The van der Waals surface area contributed by atoms with Gasteiger partial charge in [-0.15, -0.1) is 6.58 Å². The number of amides is 1. The van der Waals surface area contributed by atoms with Crippen LogP contribution in [0.4, 0.5) is 0 Å². The fourth-order valence-electron chi connectivity index (χ4n) is 2.92. The normalized spacial score (nSPS) is 10.8. The smallest absolute Gasteiger partial charge is 0.343 e. The summed E-state index contributed by atoms with van der Waals surface area (Å²) in [4.78, 5) is 38.5. The Morgan fingerprint density at radius 2 is 1.82 bits per heavy atom. The van der Waals surface area contributed by atoms with Crippen molar-refractivity contribution < 1.29 is 23.9 Å². The number of ether oxygens (including phenoxy) is 2. The van der Waals surface area contributed by atoms with Crippen LogP contribution in [0.25, 0.3) is 6.08 Å². The number of nitrogens with zero attached hydrogens (tertiary/aromatic N) is 1. The van der Waals surface area contributed by atoms with Crippen molar-refractivity contribution in [3.63, 3.8) is 0 Å². The molecule has 0 spiro atoms. The SMILES string of the molecule is C=CCN(CC(=O)OCC)C(=O)/C(C)=C\c1cccc(C(=O)Oc2ccc(C(=N)N)cc2)c1. The van der Waals surface area contributed by atoms with Gasteiger partial charge in [-0.05, 0) is 61.9 Å². The number of nitrogen functional groups attached to an aromatic ring is 1. The molecular formula is C25H27N3O5. The van der Waals surface area contributed by atoms with Gasteiger partial charge in [0.1, 0.15) is 18.1 Å². The van der Waals surface area contributed by atoms with Crippen LogP contribution in [-0.4, -0.2) is 48.3 Å². The Morgan fingerprint density at radius 3 is 2.42 bits per heavy atom. The number of benzene rings is 2. The molecule has 8 nitrogen and oxygen atoms in total. The minimum atomic E-state index is -0.569. The lowest BCUT2D eigenvalue weighted by molar-refractivity contribution is -0.147. The zero-order valence-corrected chi connectivity index (χ0v) is 18.7. The number of carbonyl (C=O) groups is 3. The van der Waals surface area contributed by atoms with E-state index in [0.717, 1.165) is 0 Å². The predicted molar refractivity (Wildman–Crippen MR) is 126 cm³/mol. The first-order valence-corrected chi connectivity index (χ1v) is 10.3. The molecule has 3 N–H and O–H groups in total. The Balaban J connectivity index is 2.15. The Kier molecular flexibility index (Phi) is 9.11. The third kappa shape index (κ3) is 7.46. The van der Waals surface area contributed by atoms with Crippen molar-refractivity contribution in [3.8, 4) is 5.75 Å². The summed E-state index contributed by atoms with van der Waals surface area (Å²) in [5.41, 5.74) is 7.25. The average molecular weight is 450 g/mol. The summed E-state index contributed by atoms with van der Waals surface area (Å²) in [6.45, 7) is 7.19. The highest BCUT2D eigenvalue weighted by Crippen LogP contribution is 2.16. The molecule has 0 aliphatic rings. The van der Waals surface area contributed by atoms with E-state index in [-0.39, 0.29) is 31.4 Å². The van der Waals surface area contributed by atoms with Gasteiger partial charge in [-0.3, -0.25) is 15.0 Å². The zero-order chi connectivity index (χ0) is 24.4. The largest absolute Gasteiger partial charge is 0.465 e. The van der Waals surface area contributed by atoms with Crippen LogP contribution in [0, 0.1) is 5.41 Å². The van der Waals surface area contributed by atoms with Gasteiger partial charge in [0.25, 0.3) is 0 Å². The summed E-state index contributed by atoms with van der Waals surface area (Å²) in [5.74, 6) is -1.17. The van der Waals surface area contributed by atoms with E-state index in [0.29, 0.717) is 28.0 Å². The van der Waals surface area contributed by atoms with Crippen LogP contribution in [0.5, 0.6) is 5.75 Å². The second-order valence-corrected chi connectivity index (χ2v) is 7.06. The fraction of sp³-hybridized carbons (Fsp3) is 0.200. The van der Waals surface area contributed by atoms with E-state index < -0.39 is 11.9 Å². The standard InChI is InChI=1S/C25H27N3O5/c1-4-13-28(16-22(29)32-5-2)24(30)17(3)14-18-7-6-8-20(15-18)25(31)33-21-11-9-19(10-12-21)23(26)27/h4,6-12,14-15H,1,5,13,16H2,2-3H3,(H3,26,27)/b17-14-. The summed E-state index contributed by atoms with van der Waals surface area (Å²) in [6.07, 6.45) is 3.16. The van der Waals surface area contributed by atoms with E-state index in [4.69, 9.17) is 20.6 Å². The molecule has 0 aliphatic carbocycles. The number of hydrogen-bond donors (Lipinski definition) is 2. The molecule has 172 valence electrons. The molecule has 0 heterocycles. The van der Waals surface area contributed by atoms with E-state index in [2.05, 4.69) is 6.58 Å². The van der Waals surface area contributed by atoms with E-state index in [1.54, 1.807) is 68.5 Å². The maximum Gasteiger partial charge on any atom is 0.343 e. The molecule has 0 fully saturated rings. The Hall–Kier alpha value is -4.20. The third-order valence-corrected chi connectivity index (χ3v) is 4.48. The van der Waals surface area contributed by atoms with Gasteiger partial charge in [0.05, 0.1) is 12.2 Å². The van der Waals surface area contributed by atoms with Crippen LogP contribution in [0.2, 0.25) is 0 Å². The first-order valence-electron chi connectivity index (χ1n) is 10.3. The number of amidine groups is 1. The van der Waals surface area contributed by atoms with Gasteiger partial charge in [-0.1, -0.05) is 18.2 Å². The van der Waals surface area contributed by atoms with E-state index in [1.807, 2.05) is 0 Å². The molecule has 8 heteroatoms. The summed E-state index contributed by atoms with van der Waals surface area (Å²) < 4.78 is 10.3. The second-order valence-electron chi connectivity index (χ2n) is 7.06. The molecule has 1 amide bonds. The number of esters is 2. The molecular weight excluding hydrogens is 422 g/mol. The number of rotatable bonds is 10. The van der Waals surface area contributed by atoms with Crippen LogP contribution in [0.1, 0.15) is 35.3 Å². The Labute approximate surface area is 192 Å². The molecule has 0 saturated carbocycles. The third-order valence-electron chi connectivity index (χ3n) is 4.48. The molecule has 0 aliphatic heterocycles. The molecule has 0 radical (unpaired) electrons. The number of nitrogens with one attached hydrogen (secondary N) is 1. The predicted octanol–water partition coefficient (Wildman–Crippen LogP) is 3.17. The minimum Gasteiger partial charge on any atom is -0.465 e. The van der Waals surface area contributed by atoms with Crippen molar-refractivity contribution in [1.29, 1.82) is 5.41 Å². The van der Waals surface area contributed by atoms with Gasteiger partial charge < -0.3 is 20.1 Å². The van der Waals surface area contributed by atoms with Gasteiger partial charge in [0, 0.05) is 17.7 Å². The molecule has 0 saturated heterocycles. The topological polar surface area (TPSA) is 123 Å². The second kappa shape index (κ2) is 12.0. The Bertz CT molecular complexity index is 1070. The van der Waals surface area contributed by atoms with Crippen molar-refractivity contribution in [2.24, 2.45) is 5.73 Å². The first-order chi connectivity index (χ1) is 15.7. The van der Waals surface area contributed by atoms with Crippen molar-refractivity contribution in [1.82, 2.24) is 4.90 Å². The molecule has 2 rings (SSSR count). The van der Waals surface area contributed by atoms with Crippen LogP contribution in [-0.2, 0) is 14.3 Å². The minimum absolute atomic E-state index is 0.0776. The van der Waals surface area contributed by atoms with Crippen molar-refractivity contribution in [3.05, 3.63) is 83.4 Å². The maximum absolute atomic E-state index is 12.8. The van der Waals surface area contributed by atoms with Crippen LogP contribution >= 0.6 is 0 Å². The lowest BCUT2D eigenvalue weighted by Crippen LogP contribution is -2.37. The fourth-order valence-corrected chi connectivity index (χ4v) is 2.92. The maximum atomic E-state index is 12.8. The highest BCUT2D eigenvalue weighted by atomic mass is 16.5.